The van der Waals surface area contributed by atoms with Gasteiger partial charge in [-0.3, -0.25) is 0 Å². The number of fused-ring (bicyclic) bond motifs is 4. The zero-order valence-electron chi connectivity index (χ0n) is 34.5. The highest BCUT2D eigenvalue weighted by Gasteiger charge is 2.22. The molecule has 4 aromatic heterocycles. The summed E-state index contributed by atoms with van der Waals surface area (Å²) in [6.45, 7) is 13.3. The minimum atomic E-state index is 0.695. The first-order valence-electron chi connectivity index (χ1n) is 21.9. The van der Waals surface area contributed by atoms with Crippen LogP contribution in [0.3, 0.4) is 0 Å². The Morgan fingerprint density at radius 1 is 0.455 bits per heavy atom. The third kappa shape index (κ3) is 11.2. The summed E-state index contributed by atoms with van der Waals surface area (Å²) in [6.07, 6.45) is 26.5. The number of thiophene rings is 4. The standard InChI is InChI=1S/C48H66O3S4/c1-6-9-11-13-15-17-19-21-23-25-27-50-44-38-32-41-36(31-42(54-41)47-40-33-43(49-8-3)55-46(40)35(5)53-47)30-37(38)45(48-39(44)29-34(4)52-48)51-28-26-24-22-20-18-16-14-12-10-7-2/h29-33H,6-28H2,1-5H3. The van der Waals surface area contributed by atoms with Gasteiger partial charge in [0, 0.05) is 46.9 Å². The summed E-state index contributed by atoms with van der Waals surface area (Å²) >= 11 is 7.45. The molecule has 2 aromatic carbocycles. The topological polar surface area (TPSA) is 27.7 Å². The van der Waals surface area contributed by atoms with Gasteiger partial charge in [0.25, 0.3) is 0 Å². The Bertz CT molecular complexity index is 1960. The quantitative estimate of drug-likeness (QED) is 0.0485. The number of benzene rings is 2. The van der Waals surface area contributed by atoms with Gasteiger partial charge in [-0.2, -0.15) is 0 Å². The van der Waals surface area contributed by atoms with Crippen LogP contribution < -0.4 is 14.2 Å². The monoisotopic (exact) mass is 818 g/mol. The molecule has 0 spiro atoms. The van der Waals surface area contributed by atoms with Gasteiger partial charge in [0.1, 0.15) is 11.5 Å². The lowest BCUT2D eigenvalue weighted by molar-refractivity contribution is 0.306. The van der Waals surface area contributed by atoms with E-state index in [-0.39, 0.29) is 0 Å². The van der Waals surface area contributed by atoms with E-state index < -0.39 is 0 Å². The lowest BCUT2D eigenvalue weighted by Gasteiger charge is -2.16. The summed E-state index contributed by atoms with van der Waals surface area (Å²) in [5.74, 6) is 2.09. The number of hydrogen-bond donors (Lipinski definition) is 0. The van der Waals surface area contributed by atoms with E-state index in [2.05, 4.69) is 65.0 Å². The molecule has 0 N–H and O–H groups in total. The van der Waals surface area contributed by atoms with Crippen molar-refractivity contribution in [2.45, 2.75) is 163 Å². The van der Waals surface area contributed by atoms with E-state index in [4.69, 9.17) is 14.2 Å². The maximum absolute atomic E-state index is 6.86. The molecule has 4 heterocycles. The van der Waals surface area contributed by atoms with Gasteiger partial charge in [0.15, 0.2) is 5.06 Å². The Balaban J connectivity index is 1.22. The molecule has 0 aliphatic carbocycles. The van der Waals surface area contributed by atoms with Crippen molar-refractivity contribution in [3.05, 3.63) is 40.1 Å². The minimum Gasteiger partial charge on any atom is -0.492 e. The predicted octanol–water partition coefficient (Wildman–Crippen LogP) is 17.8. The molecule has 0 aliphatic heterocycles. The number of hydrogen-bond acceptors (Lipinski definition) is 7. The molecule has 0 radical (unpaired) electrons. The Hall–Kier alpha value is -2.32. The number of aryl methyl sites for hydroxylation is 2. The first-order valence-corrected chi connectivity index (χ1v) is 25.1. The van der Waals surface area contributed by atoms with Gasteiger partial charge in [-0.1, -0.05) is 141 Å². The van der Waals surface area contributed by atoms with Crippen molar-refractivity contribution in [1.29, 1.82) is 0 Å². The van der Waals surface area contributed by atoms with Gasteiger partial charge in [0.05, 0.1) is 34.1 Å². The van der Waals surface area contributed by atoms with E-state index in [1.165, 1.54) is 176 Å². The van der Waals surface area contributed by atoms with Crippen molar-refractivity contribution in [2.24, 2.45) is 0 Å². The highest BCUT2D eigenvalue weighted by molar-refractivity contribution is 7.30. The van der Waals surface area contributed by atoms with Crippen molar-refractivity contribution in [3.63, 3.8) is 0 Å². The lowest BCUT2D eigenvalue weighted by Crippen LogP contribution is -2.01. The van der Waals surface area contributed by atoms with Crippen LogP contribution in [-0.2, 0) is 0 Å². The van der Waals surface area contributed by atoms with Crippen LogP contribution in [-0.4, -0.2) is 19.8 Å². The Morgan fingerprint density at radius 3 is 1.62 bits per heavy atom. The second-order valence-corrected chi connectivity index (χ2v) is 20.2. The summed E-state index contributed by atoms with van der Waals surface area (Å²) in [5, 5.41) is 7.22. The molecule has 0 saturated heterocycles. The van der Waals surface area contributed by atoms with Crippen LogP contribution in [0.4, 0.5) is 0 Å². The molecule has 55 heavy (non-hydrogen) atoms. The summed E-state index contributed by atoms with van der Waals surface area (Å²) in [5.41, 5.74) is 0. The van der Waals surface area contributed by atoms with E-state index in [0.717, 1.165) is 42.6 Å². The first kappa shape index (κ1) is 42.3. The van der Waals surface area contributed by atoms with E-state index in [9.17, 15) is 0 Å². The van der Waals surface area contributed by atoms with Crippen molar-refractivity contribution >= 4 is 86.4 Å². The zero-order valence-corrected chi connectivity index (χ0v) is 37.8. The molecular formula is C48H66O3S4. The fourth-order valence-corrected chi connectivity index (χ4v) is 12.5. The van der Waals surface area contributed by atoms with E-state index in [0.29, 0.717) is 6.61 Å². The van der Waals surface area contributed by atoms with Gasteiger partial charge >= 0.3 is 0 Å². The molecule has 7 heteroatoms. The molecular weight excluding hydrogens is 753 g/mol. The SMILES string of the molecule is CCCCCCCCCCCCOc1c2cc3sc(-c4sc(C)c5sc(OCC)cc45)cc3cc2c(OCCCCCCCCCCCC)c2sc(C)cc12. The number of rotatable bonds is 27. The van der Waals surface area contributed by atoms with Crippen LogP contribution in [0.2, 0.25) is 0 Å². The molecule has 300 valence electrons. The summed E-state index contributed by atoms with van der Waals surface area (Å²) in [7, 11) is 0. The van der Waals surface area contributed by atoms with Crippen LogP contribution in [0.5, 0.6) is 16.6 Å². The molecule has 0 atom stereocenters. The second kappa shape index (κ2) is 22.0. The second-order valence-electron chi connectivity index (χ2n) is 15.6. The van der Waals surface area contributed by atoms with Gasteiger partial charge in [0.2, 0.25) is 0 Å². The fraction of sp³-hybridized carbons (Fsp3) is 0.583. The zero-order chi connectivity index (χ0) is 38.4. The lowest BCUT2D eigenvalue weighted by atomic mass is 10.0. The normalized spacial score (nSPS) is 11.9. The summed E-state index contributed by atoms with van der Waals surface area (Å²) in [6, 6.07) is 11.8. The van der Waals surface area contributed by atoms with Crippen LogP contribution >= 0.6 is 45.3 Å². The van der Waals surface area contributed by atoms with Crippen LogP contribution in [0.1, 0.15) is 159 Å². The third-order valence-corrected chi connectivity index (χ3v) is 15.7. The maximum Gasteiger partial charge on any atom is 0.174 e. The molecule has 3 nitrogen and oxygen atoms in total. The molecule has 6 rings (SSSR count). The largest absolute Gasteiger partial charge is 0.492 e. The third-order valence-electron chi connectivity index (χ3n) is 11.0. The van der Waals surface area contributed by atoms with Crippen molar-refractivity contribution in [2.75, 3.05) is 19.8 Å². The maximum atomic E-state index is 6.86. The molecule has 6 aromatic rings. The summed E-state index contributed by atoms with van der Waals surface area (Å²) in [4.78, 5) is 5.35. The van der Waals surface area contributed by atoms with Crippen molar-refractivity contribution in [1.82, 2.24) is 0 Å². The molecule has 0 bridgehead atoms. The number of unbranched alkanes of at least 4 members (excludes halogenated alkanes) is 18. The fourth-order valence-electron chi connectivity index (χ4n) is 7.97. The Morgan fingerprint density at radius 2 is 1.02 bits per heavy atom. The highest BCUT2D eigenvalue weighted by Crippen LogP contribution is 2.51. The van der Waals surface area contributed by atoms with Crippen molar-refractivity contribution < 1.29 is 14.2 Å². The average molecular weight is 819 g/mol. The molecule has 0 fully saturated rings. The van der Waals surface area contributed by atoms with E-state index in [1.54, 1.807) is 11.3 Å². The number of ether oxygens (including phenoxy) is 3. The smallest absolute Gasteiger partial charge is 0.174 e. The van der Waals surface area contributed by atoms with Gasteiger partial charge in [-0.15, -0.1) is 34.0 Å². The Labute approximate surface area is 347 Å². The summed E-state index contributed by atoms with van der Waals surface area (Å²) < 4.78 is 23.5. The average Bonchev–Trinajstić information content (AvgIpc) is 3.96. The highest BCUT2D eigenvalue weighted by atomic mass is 32.1. The van der Waals surface area contributed by atoms with Crippen LogP contribution in [0.25, 0.3) is 50.8 Å². The predicted molar refractivity (Wildman–Crippen MR) is 249 cm³/mol. The molecule has 0 amide bonds. The van der Waals surface area contributed by atoms with Gasteiger partial charge in [-0.05, 0) is 63.3 Å². The van der Waals surface area contributed by atoms with E-state index >= 15 is 0 Å². The van der Waals surface area contributed by atoms with E-state index in [1.807, 2.05) is 34.0 Å². The molecule has 0 saturated carbocycles. The molecule has 0 aliphatic rings. The minimum absolute atomic E-state index is 0.695. The Kier molecular flexibility index (Phi) is 16.9. The van der Waals surface area contributed by atoms with Crippen LogP contribution in [0, 0.1) is 13.8 Å². The molecule has 0 unspecified atom stereocenters. The van der Waals surface area contributed by atoms with Gasteiger partial charge in [-0.25, -0.2) is 0 Å². The van der Waals surface area contributed by atoms with Crippen molar-refractivity contribution in [3.8, 4) is 26.3 Å². The first-order chi connectivity index (χ1) is 27.0. The van der Waals surface area contributed by atoms with Crippen LogP contribution in [0.15, 0.2) is 30.3 Å². The van der Waals surface area contributed by atoms with Gasteiger partial charge < -0.3 is 14.2 Å².